The largest absolute Gasteiger partial charge is 0.573 e. The zero-order valence-corrected chi connectivity index (χ0v) is 13.0. The molecule has 2 N–H and O–H groups in total. The number of ether oxygens (including phenoxy) is 1. The van der Waals surface area contributed by atoms with Crippen molar-refractivity contribution in [3.05, 3.63) is 53.1 Å². The Morgan fingerprint density at radius 3 is 2.92 bits per heavy atom. The summed E-state index contributed by atoms with van der Waals surface area (Å²) in [7, 11) is 0. The maximum absolute atomic E-state index is 12.3. The van der Waals surface area contributed by atoms with Crippen LogP contribution < -0.4 is 10.5 Å². The van der Waals surface area contributed by atoms with E-state index in [2.05, 4.69) is 20.9 Å². The highest BCUT2D eigenvalue weighted by Gasteiger charge is 2.31. The van der Waals surface area contributed by atoms with E-state index in [1.807, 2.05) is 4.90 Å². The Morgan fingerprint density at radius 1 is 1.40 bits per heavy atom. The van der Waals surface area contributed by atoms with Gasteiger partial charge in [0, 0.05) is 25.2 Å². The van der Waals surface area contributed by atoms with E-state index in [-0.39, 0.29) is 11.6 Å². The Kier molecular flexibility index (Phi) is 4.58. The molecule has 1 radical (unpaired) electrons. The Bertz CT molecular complexity index is 795. The Balaban J connectivity index is 1.71. The Hall–Kier alpha value is -2.68. The minimum absolute atomic E-state index is 0.0961. The van der Waals surface area contributed by atoms with Crippen LogP contribution in [0.2, 0.25) is 0 Å². The normalized spacial score (nSPS) is 14.8. The van der Waals surface area contributed by atoms with Gasteiger partial charge in [0.25, 0.3) is 5.91 Å². The molecule has 0 aliphatic carbocycles. The maximum Gasteiger partial charge on any atom is 0.573 e. The van der Waals surface area contributed by atoms with E-state index in [1.165, 1.54) is 18.2 Å². The molecule has 0 bridgehead atoms. The van der Waals surface area contributed by atoms with E-state index < -0.39 is 12.3 Å². The predicted octanol–water partition coefficient (Wildman–Crippen LogP) is 1.83. The maximum atomic E-state index is 12.3. The van der Waals surface area contributed by atoms with Crippen LogP contribution in [0, 0.1) is 6.20 Å². The van der Waals surface area contributed by atoms with Crippen LogP contribution in [0.3, 0.4) is 0 Å². The first kappa shape index (κ1) is 17.2. The lowest BCUT2D eigenvalue weighted by atomic mass is 10.1. The molecule has 0 saturated carbocycles. The number of alkyl halides is 3. The van der Waals surface area contributed by atoms with Gasteiger partial charge in [-0.2, -0.15) is 0 Å². The molecule has 0 saturated heterocycles. The van der Waals surface area contributed by atoms with Crippen molar-refractivity contribution in [3.63, 3.8) is 0 Å². The van der Waals surface area contributed by atoms with Gasteiger partial charge in [-0.1, -0.05) is 12.1 Å². The van der Waals surface area contributed by atoms with Crippen LogP contribution in [0.25, 0.3) is 0 Å². The van der Waals surface area contributed by atoms with Gasteiger partial charge in [-0.15, -0.1) is 13.2 Å². The molecule has 25 heavy (non-hydrogen) atoms. The summed E-state index contributed by atoms with van der Waals surface area (Å²) >= 11 is 0. The summed E-state index contributed by atoms with van der Waals surface area (Å²) in [5.74, 6) is -1.08. The third-order valence-corrected chi connectivity index (χ3v) is 3.70. The van der Waals surface area contributed by atoms with Crippen molar-refractivity contribution in [1.29, 1.82) is 0 Å². The summed E-state index contributed by atoms with van der Waals surface area (Å²) in [6, 6.07) is 5.84. The van der Waals surface area contributed by atoms with E-state index in [4.69, 9.17) is 5.73 Å². The number of nitrogens with zero attached hydrogens (tertiary/aromatic N) is 3. The monoisotopic (exact) mass is 351 g/mol. The molecule has 1 aromatic heterocycles. The van der Waals surface area contributed by atoms with Crippen LogP contribution in [0.1, 0.15) is 27.4 Å². The van der Waals surface area contributed by atoms with Crippen molar-refractivity contribution in [2.75, 3.05) is 6.54 Å². The lowest BCUT2D eigenvalue weighted by Gasteiger charge is -2.27. The van der Waals surface area contributed by atoms with Crippen LogP contribution >= 0.6 is 0 Å². The predicted molar refractivity (Wildman–Crippen MR) is 80.3 cm³/mol. The molecule has 0 fully saturated rings. The number of nitrogens with two attached hydrogens (primary N) is 1. The number of hydrogen-bond donors (Lipinski definition) is 1. The van der Waals surface area contributed by atoms with E-state index in [0.29, 0.717) is 37.3 Å². The number of carbonyl (C=O) groups is 1. The third-order valence-electron chi connectivity index (χ3n) is 3.70. The van der Waals surface area contributed by atoms with Crippen molar-refractivity contribution < 1.29 is 22.7 Å². The molecule has 3 rings (SSSR count). The molecule has 1 aliphatic heterocycles. The second-order valence-electron chi connectivity index (χ2n) is 5.60. The molecular formula is C16H14F3N4O2. The summed E-state index contributed by atoms with van der Waals surface area (Å²) < 4.78 is 40.9. The quantitative estimate of drug-likeness (QED) is 0.909. The highest BCUT2D eigenvalue weighted by molar-refractivity contribution is 5.88. The molecule has 1 amide bonds. The highest BCUT2D eigenvalue weighted by Crippen LogP contribution is 2.25. The Morgan fingerprint density at radius 2 is 2.20 bits per heavy atom. The van der Waals surface area contributed by atoms with Gasteiger partial charge in [-0.05, 0) is 24.1 Å². The van der Waals surface area contributed by atoms with Crippen LogP contribution in [0.4, 0.5) is 13.2 Å². The Labute approximate surface area is 141 Å². The van der Waals surface area contributed by atoms with Crippen LogP contribution in [0.5, 0.6) is 5.75 Å². The second-order valence-corrected chi connectivity index (χ2v) is 5.60. The first-order chi connectivity index (χ1) is 11.8. The van der Waals surface area contributed by atoms with E-state index in [9.17, 15) is 18.0 Å². The topological polar surface area (TPSA) is 81.3 Å². The van der Waals surface area contributed by atoms with Gasteiger partial charge in [0.15, 0.2) is 0 Å². The van der Waals surface area contributed by atoms with Gasteiger partial charge in [-0.25, -0.2) is 9.97 Å². The minimum Gasteiger partial charge on any atom is -0.406 e. The molecule has 0 spiro atoms. The van der Waals surface area contributed by atoms with Crippen molar-refractivity contribution >= 4 is 5.91 Å². The molecule has 1 aromatic carbocycles. The molecule has 9 heteroatoms. The number of fused-ring (bicyclic) bond motifs is 1. The van der Waals surface area contributed by atoms with Crippen molar-refractivity contribution in [2.45, 2.75) is 25.9 Å². The molecule has 0 atom stereocenters. The van der Waals surface area contributed by atoms with Crippen molar-refractivity contribution in [3.8, 4) is 5.75 Å². The van der Waals surface area contributed by atoms with Gasteiger partial charge >= 0.3 is 6.36 Å². The number of hydrogen-bond acceptors (Lipinski definition) is 5. The van der Waals surface area contributed by atoms with E-state index >= 15 is 0 Å². The number of primary amides is 1. The lowest BCUT2D eigenvalue weighted by Crippen LogP contribution is -2.32. The summed E-state index contributed by atoms with van der Waals surface area (Å²) in [5, 5.41) is 0. The van der Waals surface area contributed by atoms with Gasteiger partial charge < -0.3 is 10.5 Å². The summed E-state index contributed by atoms with van der Waals surface area (Å²) in [5.41, 5.74) is 7.31. The fourth-order valence-corrected chi connectivity index (χ4v) is 2.64. The summed E-state index contributed by atoms with van der Waals surface area (Å²) in [4.78, 5) is 21.1. The molecule has 2 aromatic rings. The van der Waals surface area contributed by atoms with Gasteiger partial charge in [0.2, 0.25) is 5.82 Å². The number of halogens is 3. The molecular weight excluding hydrogens is 337 g/mol. The van der Waals surface area contributed by atoms with Crippen molar-refractivity contribution in [1.82, 2.24) is 14.9 Å². The third kappa shape index (κ3) is 4.44. The average Bonchev–Trinajstić information content (AvgIpc) is 2.53. The molecule has 131 valence electrons. The molecule has 6 nitrogen and oxygen atoms in total. The summed E-state index contributed by atoms with van der Waals surface area (Å²) in [6.07, 6.45) is -1.32. The highest BCUT2D eigenvalue weighted by atomic mass is 19.4. The van der Waals surface area contributed by atoms with E-state index in [0.717, 1.165) is 5.56 Å². The van der Waals surface area contributed by atoms with Crippen LogP contribution in [-0.4, -0.2) is 33.7 Å². The molecule has 2 heterocycles. The number of rotatable bonds is 4. The second kappa shape index (κ2) is 6.67. The fraction of sp³-hybridized carbons (Fsp3) is 0.312. The number of amides is 1. The number of aromatic nitrogens is 2. The number of carbonyl (C=O) groups excluding carboxylic acids is 1. The van der Waals surface area contributed by atoms with Crippen LogP contribution in [0.15, 0.2) is 24.3 Å². The SMILES string of the molecule is NC(=O)c1n[c]c2c(n1)CN(Cc1cccc(OC(F)(F)F)c1)CC2. The standard InChI is InChI=1S/C16H14F3N4O2/c17-16(18,19)25-12-3-1-2-10(6-12)8-23-5-4-11-7-21-15(14(20)24)22-13(11)9-23/h1-3,6H,4-5,8-9H2,(H2,20,24). The molecule has 1 aliphatic rings. The smallest absolute Gasteiger partial charge is 0.406 e. The average molecular weight is 351 g/mol. The van der Waals surface area contributed by atoms with Crippen LogP contribution in [-0.2, 0) is 19.5 Å². The first-order valence-corrected chi connectivity index (χ1v) is 7.44. The first-order valence-electron chi connectivity index (χ1n) is 7.44. The number of benzene rings is 1. The van der Waals surface area contributed by atoms with Crippen molar-refractivity contribution in [2.24, 2.45) is 5.73 Å². The summed E-state index contributed by atoms with van der Waals surface area (Å²) in [6.45, 7) is 1.52. The van der Waals surface area contributed by atoms with E-state index in [1.54, 1.807) is 6.07 Å². The van der Waals surface area contributed by atoms with Gasteiger partial charge in [0.1, 0.15) is 5.75 Å². The zero-order valence-electron chi connectivity index (χ0n) is 13.0. The minimum atomic E-state index is -4.72. The van der Waals surface area contributed by atoms with Gasteiger partial charge in [-0.3, -0.25) is 9.69 Å². The lowest BCUT2D eigenvalue weighted by molar-refractivity contribution is -0.274. The zero-order chi connectivity index (χ0) is 18.0. The fourth-order valence-electron chi connectivity index (χ4n) is 2.64. The van der Waals surface area contributed by atoms with Gasteiger partial charge in [0.05, 0.1) is 11.9 Å². The molecule has 0 unspecified atom stereocenters.